The molecule has 6 heteroatoms. The number of hydrogen-bond donors (Lipinski definition) is 1. The Labute approximate surface area is 123 Å². The van der Waals surface area contributed by atoms with Gasteiger partial charge < -0.3 is 10.3 Å². The van der Waals surface area contributed by atoms with E-state index in [0.717, 1.165) is 49.7 Å². The number of fused-ring (bicyclic) bond motifs is 3. The summed E-state index contributed by atoms with van der Waals surface area (Å²) in [5.74, 6) is 1.39. The van der Waals surface area contributed by atoms with Crippen LogP contribution in [0.5, 0.6) is 0 Å². The van der Waals surface area contributed by atoms with Crippen LogP contribution in [0.25, 0.3) is 11.5 Å². The van der Waals surface area contributed by atoms with Gasteiger partial charge in [0.1, 0.15) is 0 Å². The third kappa shape index (κ3) is 2.35. The van der Waals surface area contributed by atoms with Crippen LogP contribution in [0.4, 0.5) is 0 Å². The summed E-state index contributed by atoms with van der Waals surface area (Å²) in [6.07, 6.45) is 0. The molecule has 1 aromatic heterocycles. The van der Waals surface area contributed by atoms with Crippen LogP contribution in [0, 0.1) is 0 Å². The van der Waals surface area contributed by atoms with Gasteiger partial charge in [-0.05, 0) is 17.7 Å². The second kappa shape index (κ2) is 5.22. The van der Waals surface area contributed by atoms with Gasteiger partial charge >= 0.3 is 0 Å². The van der Waals surface area contributed by atoms with Crippen molar-refractivity contribution in [2.45, 2.75) is 12.6 Å². The first-order chi connectivity index (χ1) is 10.3. The van der Waals surface area contributed by atoms with E-state index in [-0.39, 0.29) is 6.04 Å². The summed E-state index contributed by atoms with van der Waals surface area (Å²) in [6, 6.07) is 8.23. The monoisotopic (exact) mass is 285 g/mol. The highest BCUT2D eigenvalue weighted by molar-refractivity contribution is 5.53. The Hall–Kier alpha value is -1.76. The summed E-state index contributed by atoms with van der Waals surface area (Å²) in [6.45, 7) is 6.05. The molecule has 5 rings (SSSR count). The Kier molecular flexibility index (Phi) is 3.21. The van der Waals surface area contributed by atoms with Crippen molar-refractivity contribution in [2.75, 3.05) is 32.7 Å². The number of piperazine rings is 3. The van der Waals surface area contributed by atoms with E-state index in [2.05, 4.69) is 19.9 Å². The van der Waals surface area contributed by atoms with Crippen LogP contribution in [0.15, 0.2) is 28.8 Å². The Bertz CT molecular complexity index is 615. The highest BCUT2D eigenvalue weighted by Crippen LogP contribution is 2.28. The molecule has 0 spiro atoms. The first kappa shape index (κ1) is 12.9. The van der Waals surface area contributed by atoms with Crippen molar-refractivity contribution < 1.29 is 4.52 Å². The van der Waals surface area contributed by atoms with Crippen LogP contribution < -0.4 is 5.73 Å². The lowest BCUT2D eigenvalue weighted by Gasteiger charge is -2.46. The molecule has 2 aromatic rings. The first-order valence-corrected chi connectivity index (χ1v) is 7.43. The van der Waals surface area contributed by atoms with Crippen molar-refractivity contribution in [3.05, 3.63) is 35.7 Å². The Balaban J connectivity index is 1.57. The minimum absolute atomic E-state index is 0.272. The van der Waals surface area contributed by atoms with Crippen molar-refractivity contribution in [1.29, 1.82) is 0 Å². The van der Waals surface area contributed by atoms with Gasteiger partial charge in [-0.2, -0.15) is 4.98 Å². The third-order valence-electron chi connectivity index (χ3n) is 4.46. The zero-order valence-electron chi connectivity index (χ0n) is 11.9. The fourth-order valence-corrected chi connectivity index (χ4v) is 3.13. The number of benzene rings is 1. The SMILES string of the molecule is NCc1ccc(-c2nc(C3CN4CCN3CC4)no2)cc1. The number of aromatic nitrogens is 2. The van der Waals surface area contributed by atoms with Crippen LogP contribution in [0.1, 0.15) is 17.4 Å². The van der Waals surface area contributed by atoms with Gasteiger partial charge in [-0.25, -0.2) is 0 Å². The van der Waals surface area contributed by atoms with Gasteiger partial charge in [-0.15, -0.1) is 0 Å². The van der Waals surface area contributed by atoms with Crippen LogP contribution in [0.3, 0.4) is 0 Å². The summed E-state index contributed by atoms with van der Waals surface area (Å²) in [5, 5.41) is 4.20. The van der Waals surface area contributed by atoms with Crippen molar-refractivity contribution >= 4 is 0 Å². The lowest BCUT2D eigenvalue weighted by atomic mass is 10.1. The topological polar surface area (TPSA) is 71.4 Å². The molecular formula is C15H19N5O. The third-order valence-corrected chi connectivity index (χ3v) is 4.46. The molecule has 0 saturated carbocycles. The molecule has 1 aromatic carbocycles. The average Bonchev–Trinajstić information content (AvgIpc) is 3.06. The van der Waals surface area contributed by atoms with Crippen LogP contribution in [0.2, 0.25) is 0 Å². The molecule has 1 unspecified atom stereocenters. The molecule has 6 nitrogen and oxygen atoms in total. The highest BCUT2D eigenvalue weighted by Gasteiger charge is 2.35. The van der Waals surface area contributed by atoms with Crippen molar-refractivity contribution in [1.82, 2.24) is 19.9 Å². The molecule has 3 fully saturated rings. The van der Waals surface area contributed by atoms with Crippen LogP contribution in [-0.4, -0.2) is 52.7 Å². The van der Waals surface area contributed by atoms with E-state index < -0.39 is 0 Å². The van der Waals surface area contributed by atoms with Crippen molar-refractivity contribution in [2.24, 2.45) is 5.73 Å². The Morgan fingerprint density at radius 3 is 2.52 bits per heavy atom. The highest BCUT2D eigenvalue weighted by atomic mass is 16.5. The van der Waals surface area contributed by atoms with Gasteiger partial charge in [0.15, 0.2) is 5.82 Å². The van der Waals surface area contributed by atoms with E-state index in [9.17, 15) is 0 Å². The summed E-state index contributed by atoms with van der Waals surface area (Å²) in [7, 11) is 0. The minimum atomic E-state index is 0.272. The lowest BCUT2D eigenvalue weighted by Crippen LogP contribution is -2.57. The molecule has 3 aliphatic rings. The molecule has 2 bridgehead atoms. The van der Waals surface area contributed by atoms with Gasteiger partial charge in [0, 0.05) is 44.8 Å². The van der Waals surface area contributed by atoms with Gasteiger partial charge in [-0.1, -0.05) is 17.3 Å². The van der Waals surface area contributed by atoms with E-state index in [1.807, 2.05) is 24.3 Å². The maximum absolute atomic E-state index is 5.61. The molecule has 110 valence electrons. The van der Waals surface area contributed by atoms with E-state index >= 15 is 0 Å². The summed E-state index contributed by atoms with van der Waals surface area (Å²) in [4.78, 5) is 9.52. The van der Waals surface area contributed by atoms with Crippen LogP contribution in [-0.2, 0) is 6.54 Å². The number of hydrogen-bond acceptors (Lipinski definition) is 6. The van der Waals surface area contributed by atoms with E-state index in [0.29, 0.717) is 12.4 Å². The summed E-state index contributed by atoms with van der Waals surface area (Å²) >= 11 is 0. The molecule has 0 amide bonds. The van der Waals surface area contributed by atoms with Crippen molar-refractivity contribution in [3.63, 3.8) is 0 Å². The van der Waals surface area contributed by atoms with E-state index in [1.165, 1.54) is 0 Å². The lowest BCUT2D eigenvalue weighted by molar-refractivity contribution is 0.00781. The van der Waals surface area contributed by atoms with Gasteiger partial charge in [0.25, 0.3) is 5.89 Å². The molecule has 0 aliphatic carbocycles. The zero-order chi connectivity index (χ0) is 14.2. The molecule has 21 heavy (non-hydrogen) atoms. The normalized spacial score (nSPS) is 28.0. The largest absolute Gasteiger partial charge is 0.334 e. The predicted octanol–water partition coefficient (Wildman–Crippen LogP) is 0.868. The van der Waals surface area contributed by atoms with E-state index in [4.69, 9.17) is 10.3 Å². The molecule has 3 aliphatic heterocycles. The number of nitrogens with two attached hydrogens (primary N) is 1. The molecule has 2 N–H and O–H groups in total. The maximum Gasteiger partial charge on any atom is 0.257 e. The molecule has 4 heterocycles. The molecule has 0 radical (unpaired) electrons. The standard InChI is InChI=1S/C15H19N5O/c16-9-11-1-3-12(4-2-11)15-17-14(18-21-15)13-10-19-5-7-20(13)8-6-19/h1-4,13H,5-10,16H2. The second-order valence-electron chi connectivity index (χ2n) is 5.71. The summed E-state index contributed by atoms with van der Waals surface area (Å²) < 4.78 is 5.45. The first-order valence-electron chi connectivity index (χ1n) is 7.43. The number of rotatable bonds is 3. The maximum atomic E-state index is 5.61. The molecule has 3 saturated heterocycles. The minimum Gasteiger partial charge on any atom is -0.334 e. The fourth-order valence-electron chi connectivity index (χ4n) is 3.13. The van der Waals surface area contributed by atoms with E-state index in [1.54, 1.807) is 0 Å². The van der Waals surface area contributed by atoms with Crippen molar-refractivity contribution in [3.8, 4) is 11.5 Å². The predicted molar refractivity (Wildman–Crippen MR) is 78.4 cm³/mol. The Morgan fingerprint density at radius 1 is 1.14 bits per heavy atom. The fraction of sp³-hybridized carbons (Fsp3) is 0.467. The molecule has 1 atom stereocenters. The van der Waals surface area contributed by atoms with Gasteiger partial charge in [0.2, 0.25) is 0 Å². The van der Waals surface area contributed by atoms with Crippen LogP contribution >= 0.6 is 0 Å². The second-order valence-corrected chi connectivity index (χ2v) is 5.71. The smallest absolute Gasteiger partial charge is 0.257 e. The van der Waals surface area contributed by atoms with Gasteiger partial charge in [0.05, 0.1) is 6.04 Å². The molecular weight excluding hydrogens is 266 g/mol. The summed E-state index contributed by atoms with van der Waals surface area (Å²) in [5.41, 5.74) is 7.66. The average molecular weight is 285 g/mol. The van der Waals surface area contributed by atoms with Gasteiger partial charge in [-0.3, -0.25) is 9.80 Å². The zero-order valence-corrected chi connectivity index (χ0v) is 11.9. The number of nitrogens with zero attached hydrogens (tertiary/aromatic N) is 4. The Morgan fingerprint density at radius 2 is 1.90 bits per heavy atom. The quantitative estimate of drug-likeness (QED) is 0.902.